The van der Waals surface area contributed by atoms with Crippen LogP contribution in [-0.4, -0.2) is 4.99 Å². The second kappa shape index (κ2) is 5.50. The zero-order chi connectivity index (χ0) is 13.1. The molecule has 2 nitrogen and oxygen atoms in total. The van der Waals surface area contributed by atoms with Crippen molar-refractivity contribution in [2.75, 3.05) is 0 Å². The summed E-state index contributed by atoms with van der Waals surface area (Å²) in [7, 11) is 0. The molecule has 0 aliphatic carbocycles. The summed E-state index contributed by atoms with van der Waals surface area (Å²) in [6, 6.07) is 13.4. The van der Waals surface area contributed by atoms with Gasteiger partial charge >= 0.3 is 0 Å². The number of benzene rings is 2. The maximum Gasteiger partial charge on any atom is 0.137 e. The molecule has 4 heteroatoms. The lowest BCUT2D eigenvalue weighted by Gasteiger charge is -2.11. The number of hydrogen-bond acceptors (Lipinski definition) is 2. The molecular formula is C14H12BrNOS. The fourth-order valence-corrected chi connectivity index (χ4v) is 1.98. The zero-order valence-electron chi connectivity index (χ0n) is 9.81. The smallest absolute Gasteiger partial charge is 0.137 e. The summed E-state index contributed by atoms with van der Waals surface area (Å²) < 4.78 is 6.80. The first-order valence-corrected chi connectivity index (χ1v) is 6.60. The van der Waals surface area contributed by atoms with Crippen molar-refractivity contribution in [2.24, 2.45) is 5.73 Å². The van der Waals surface area contributed by atoms with Crippen molar-refractivity contribution < 1.29 is 4.74 Å². The highest BCUT2D eigenvalue weighted by Crippen LogP contribution is 2.27. The van der Waals surface area contributed by atoms with Crippen molar-refractivity contribution in [3.63, 3.8) is 0 Å². The maximum absolute atomic E-state index is 5.79. The van der Waals surface area contributed by atoms with E-state index in [0.717, 1.165) is 21.3 Å². The van der Waals surface area contributed by atoms with Crippen LogP contribution in [0.2, 0.25) is 0 Å². The fraction of sp³-hybridized carbons (Fsp3) is 0.0714. The van der Waals surface area contributed by atoms with Crippen LogP contribution in [0.15, 0.2) is 46.9 Å². The SMILES string of the molecule is Cc1ccc(Oc2ccc(Br)cc2)c(C(N)=S)c1. The lowest BCUT2D eigenvalue weighted by molar-refractivity contribution is 0.481. The minimum Gasteiger partial charge on any atom is -0.457 e. The average molecular weight is 322 g/mol. The molecule has 0 amide bonds. The van der Waals surface area contributed by atoms with E-state index in [4.69, 9.17) is 22.7 Å². The van der Waals surface area contributed by atoms with Gasteiger partial charge in [0, 0.05) is 4.47 Å². The van der Waals surface area contributed by atoms with Gasteiger partial charge in [-0.15, -0.1) is 0 Å². The minimum atomic E-state index is 0.339. The Labute approximate surface area is 120 Å². The second-order valence-electron chi connectivity index (χ2n) is 3.92. The van der Waals surface area contributed by atoms with E-state index >= 15 is 0 Å². The summed E-state index contributed by atoms with van der Waals surface area (Å²) in [5.41, 5.74) is 7.56. The van der Waals surface area contributed by atoms with E-state index in [0.29, 0.717) is 10.7 Å². The highest BCUT2D eigenvalue weighted by atomic mass is 79.9. The van der Waals surface area contributed by atoms with Crippen LogP contribution in [0.5, 0.6) is 11.5 Å². The molecule has 0 saturated carbocycles. The van der Waals surface area contributed by atoms with Gasteiger partial charge in [0.2, 0.25) is 0 Å². The first kappa shape index (κ1) is 13.1. The van der Waals surface area contributed by atoms with E-state index in [1.165, 1.54) is 0 Å². The molecule has 0 atom stereocenters. The third kappa shape index (κ3) is 3.09. The molecule has 2 aromatic rings. The van der Waals surface area contributed by atoms with Crippen molar-refractivity contribution in [1.29, 1.82) is 0 Å². The molecular weight excluding hydrogens is 310 g/mol. The molecule has 2 N–H and O–H groups in total. The molecule has 0 spiro atoms. The van der Waals surface area contributed by atoms with Crippen LogP contribution < -0.4 is 10.5 Å². The van der Waals surface area contributed by atoms with Crippen LogP contribution in [0.4, 0.5) is 0 Å². The number of nitrogens with two attached hydrogens (primary N) is 1. The minimum absolute atomic E-state index is 0.339. The second-order valence-corrected chi connectivity index (χ2v) is 5.28. The topological polar surface area (TPSA) is 35.2 Å². The van der Waals surface area contributed by atoms with E-state index in [1.807, 2.05) is 49.4 Å². The molecule has 0 unspecified atom stereocenters. The Morgan fingerprint density at radius 1 is 1.17 bits per heavy atom. The van der Waals surface area contributed by atoms with Gasteiger partial charge in [-0.25, -0.2) is 0 Å². The molecule has 0 fully saturated rings. The summed E-state index contributed by atoms with van der Waals surface area (Å²) in [6.07, 6.45) is 0. The van der Waals surface area contributed by atoms with Crippen LogP contribution in [0, 0.1) is 6.92 Å². The van der Waals surface area contributed by atoms with Crippen LogP contribution in [0.1, 0.15) is 11.1 Å². The van der Waals surface area contributed by atoms with Crippen molar-refractivity contribution in [2.45, 2.75) is 6.92 Å². The Morgan fingerprint density at radius 2 is 1.83 bits per heavy atom. The van der Waals surface area contributed by atoms with Gasteiger partial charge in [0.25, 0.3) is 0 Å². The summed E-state index contributed by atoms with van der Waals surface area (Å²) >= 11 is 8.42. The highest BCUT2D eigenvalue weighted by Gasteiger charge is 2.07. The Balaban J connectivity index is 2.34. The Hall–Kier alpha value is -1.39. The molecule has 2 rings (SSSR count). The van der Waals surface area contributed by atoms with Crippen molar-refractivity contribution in [1.82, 2.24) is 0 Å². The molecule has 0 aliphatic heterocycles. The zero-order valence-corrected chi connectivity index (χ0v) is 12.2. The molecule has 0 aliphatic rings. The number of thiocarbonyl (C=S) groups is 1. The van der Waals surface area contributed by atoms with E-state index in [2.05, 4.69) is 15.9 Å². The van der Waals surface area contributed by atoms with Crippen LogP contribution in [0.25, 0.3) is 0 Å². The van der Waals surface area contributed by atoms with Crippen molar-refractivity contribution in [3.05, 3.63) is 58.1 Å². The summed E-state index contributed by atoms with van der Waals surface area (Å²) in [6.45, 7) is 1.99. The molecule has 0 saturated heterocycles. The number of aryl methyl sites for hydroxylation is 1. The maximum atomic E-state index is 5.79. The largest absolute Gasteiger partial charge is 0.457 e. The van der Waals surface area contributed by atoms with Crippen LogP contribution >= 0.6 is 28.1 Å². The van der Waals surface area contributed by atoms with Crippen molar-refractivity contribution >= 4 is 33.1 Å². The third-order valence-corrected chi connectivity index (χ3v) is 3.19. The highest BCUT2D eigenvalue weighted by molar-refractivity contribution is 9.10. The standard InChI is InChI=1S/C14H12BrNOS/c1-9-2-7-13(12(8-9)14(16)18)17-11-5-3-10(15)4-6-11/h2-8H,1H3,(H2,16,18). The van der Waals surface area contributed by atoms with Gasteiger partial charge in [-0.1, -0.05) is 39.8 Å². The fourth-order valence-electron chi connectivity index (χ4n) is 1.55. The predicted molar refractivity (Wildman–Crippen MR) is 81.3 cm³/mol. The molecule has 92 valence electrons. The number of ether oxygens (including phenoxy) is 1. The van der Waals surface area contributed by atoms with E-state index < -0.39 is 0 Å². The summed E-state index contributed by atoms with van der Waals surface area (Å²) in [5, 5.41) is 0. The van der Waals surface area contributed by atoms with Gasteiger partial charge in [-0.2, -0.15) is 0 Å². The van der Waals surface area contributed by atoms with E-state index in [-0.39, 0.29) is 0 Å². The Morgan fingerprint density at radius 3 is 2.44 bits per heavy atom. The van der Waals surface area contributed by atoms with Gasteiger partial charge in [0.1, 0.15) is 16.5 Å². The first-order valence-electron chi connectivity index (χ1n) is 5.40. The normalized spacial score (nSPS) is 10.1. The number of halogens is 1. The van der Waals surface area contributed by atoms with Crippen LogP contribution in [0.3, 0.4) is 0 Å². The quantitative estimate of drug-likeness (QED) is 0.861. The van der Waals surface area contributed by atoms with E-state index in [1.54, 1.807) is 0 Å². The third-order valence-electron chi connectivity index (χ3n) is 2.44. The van der Waals surface area contributed by atoms with Crippen LogP contribution in [-0.2, 0) is 0 Å². The molecule has 0 heterocycles. The Kier molecular flexibility index (Phi) is 3.99. The van der Waals surface area contributed by atoms with Gasteiger partial charge in [-0.05, 0) is 43.3 Å². The molecule has 2 aromatic carbocycles. The van der Waals surface area contributed by atoms with Crippen molar-refractivity contribution in [3.8, 4) is 11.5 Å². The Bertz CT molecular complexity index is 581. The molecule has 0 bridgehead atoms. The lowest BCUT2D eigenvalue weighted by Crippen LogP contribution is -2.11. The van der Waals surface area contributed by atoms with E-state index in [9.17, 15) is 0 Å². The summed E-state index contributed by atoms with van der Waals surface area (Å²) in [4.78, 5) is 0.339. The predicted octanol–water partition coefficient (Wildman–Crippen LogP) is 4.18. The van der Waals surface area contributed by atoms with Gasteiger partial charge in [0.05, 0.1) is 5.56 Å². The van der Waals surface area contributed by atoms with Gasteiger partial charge < -0.3 is 10.5 Å². The number of hydrogen-bond donors (Lipinski definition) is 1. The first-order chi connectivity index (χ1) is 8.56. The average Bonchev–Trinajstić information content (AvgIpc) is 2.34. The van der Waals surface area contributed by atoms with Gasteiger partial charge in [-0.3, -0.25) is 0 Å². The molecule has 0 radical (unpaired) electrons. The number of rotatable bonds is 3. The van der Waals surface area contributed by atoms with Gasteiger partial charge in [0.15, 0.2) is 0 Å². The molecule has 18 heavy (non-hydrogen) atoms. The molecule has 0 aromatic heterocycles. The lowest BCUT2D eigenvalue weighted by atomic mass is 10.1. The summed E-state index contributed by atoms with van der Waals surface area (Å²) in [5.74, 6) is 1.43. The monoisotopic (exact) mass is 321 g/mol.